The van der Waals surface area contributed by atoms with E-state index in [-0.39, 0.29) is 11.9 Å². The van der Waals surface area contributed by atoms with Crippen LogP contribution in [0, 0.1) is 0 Å². The zero-order chi connectivity index (χ0) is 9.71. The third-order valence-corrected chi connectivity index (χ3v) is 2.97. The zero-order valence-corrected chi connectivity index (χ0v) is 7.82. The monoisotopic (exact) mass is 192 g/mol. The van der Waals surface area contributed by atoms with Gasteiger partial charge in [0.15, 0.2) is 11.8 Å². The van der Waals surface area contributed by atoms with Crippen LogP contribution in [0.15, 0.2) is 24.0 Å². The summed E-state index contributed by atoms with van der Waals surface area (Å²) in [4.78, 5) is 18.8. The fourth-order valence-electron chi connectivity index (χ4n) is 1.96. The summed E-state index contributed by atoms with van der Waals surface area (Å²) in [7, 11) is 0. The van der Waals surface area contributed by atoms with Crippen molar-refractivity contribution in [2.45, 2.75) is 24.9 Å². The van der Waals surface area contributed by atoms with Gasteiger partial charge in [0.2, 0.25) is 0 Å². The van der Waals surface area contributed by atoms with E-state index in [0.29, 0.717) is 12.6 Å². The highest BCUT2D eigenvalue weighted by atomic mass is 16.7. The maximum atomic E-state index is 11.8. The number of hydrogen-bond donors (Lipinski definition) is 1. The first-order valence-electron chi connectivity index (χ1n) is 4.89. The van der Waals surface area contributed by atoms with Crippen LogP contribution in [0.25, 0.3) is 0 Å². The van der Waals surface area contributed by atoms with E-state index in [1.54, 1.807) is 6.08 Å². The van der Waals surface area contributed by atoms with Gasteiger partial charge < -0.3 is 9.74 Å². The van der Waals surface area contributed by atoms with E-state index in [1.165, 1.54) is 0 Å². The molecular weight excluding hydrogens is 180 g/mol. The molecule has 2 heterocycles. The van der Waals surface area contributed by atoms with Crippen LogP contribution in [0.5, 0.6) is 0 Å². The van der Waals surface area contributed by atoms with Crippen molar-refractivity contribution in [1.82, 2.24) is 10.4 Å². The molecule has 1 aliphatic carbocycles. The molecule has 2 aliphatic heterocycles. The lowest BCUT2D eigenvalue weighted by atomic mass is 10.0. The molecule has 0 spiro atoms. The van der Waals surface area contributed by atoms with Gasteiger partial charge in [-0.2, -0.15) is 0 Å². The molecule has 0 aromatic carbocycles. The minimum absolute atomic E-state index is 0.152. The molecule has 1 amide bonds. The van der Waals surface area contributed by atoms with Crippen molar-refractivity contribution < 1.29 is 9.63 Å². The number of carbonyl (C=O) groups excluding carboxylic acids is 1. The highest BCUT2D eigenvalue weighted by Crippen LogP contribution is 2.34. The molecule has 4 heteroatoms. The predicted molar refractivity (Wildman–Crippen MR) is 50.0 cm³/mol. The maximum absolute atomic E-state index is 11.8. The van der Waals surface area contributed by atoms with E-state index in [2.05, 4.69) is 12.1 Å². The Labute approximate surface area is 82.2 Å². The number of carbonyl (C=O) groups is 1. The summed E-state index contributed by atoms with van der Waals surface area (Å²) in [5, 5.41) is 0. The lowest BCUT2D eigenvalue weighted by Gasteiger charge is -2.40. The normalized spacial score (nSPS) is 30.7. The quantitative estimate of drug-likeness (QED) is 0.685. The fourth-order valence-corrected chi connectivity index (χ4v) is 1.96. The smallest absolute Gasteiger partial charge is 0.251 e. The molecule has 1 saturated heterocycles. The van der Waals surface area contributed by atoms with Gasteiger partial charge in [-0.05, 0) is 12.8 Å². The van der Waals surface area contributed by atoms with Gasteiger partial charge in [-0.3, -0.25) is 4.79 Å². The molecule has 1 unspecified atom stereocenters. The van der Waals surface area contributed by atoms with Gasteiger partial charge in [0.25, 0.3) is 5.91 Å². The Bertz CT molecular complexity index is 344. The predicted octanol–water partition coefficient (Wildman–Crippen LogP) is 0.334. The molecule has 3 rings (SSSR count). The largest absolute Gasteiger partial charge is 0.409 e. The fraction of sp³-hybridized carbons (Fsp3) is 0.500. The Balaban J connectivity index is 1.93. The molecule has 1 saturated carbocycles. The zero-order valence-electron chi connectivity index (χ0n) is 7.82. The number of fused-ring (bicyclic) bond motifs is 1. The Kier molecular flexibility index (Phi) is 1.50. The highest BCUT2D eigenvalue weighted by molar-refractivity contribution is 5.88. The third-order valence-electron chi connectivity index (χ3n) is 2.97. The molecule has 0 aromatic rings. The van der Waals surface area contributed by atoms with Crippen molar-refractivity contribution in [1.29, 1.82) is 0 Å². The van der Waals surface area contributed by atoms with E-state index in [4.69, 9.17) is 4.84 Å². The van der Waals surface area contributed by atoms with Crippen molar-refractivity contribution >= 4 is 5.91 Å². The summed E-state index contributed by atoms with van der Waals surface area (Å²) < 4.78 is 0. The van der Waals surface area contributed by atoms with Crippen LogP contribution in [-0.4, -0.2) is 29.4 Å². The first kappa shape index (κ1) is 8.05. The minimum Gasteiger partial charge on any atom is -0.409 e. The summed E-state index contributed by atoms with van der Waals surface area (Å²) in [6.45, 7) is 4.41. The molecule has 3 aliphatic rings. The number of nitrogens with one attached hydrogen (secondary N) is 1. The van der Waals surface area contributed by atoms with Crippen LogP contribution in [0.3, 0.4) is 0 Å². The van der Waals surface area contributed by atoms with Crippen LogP contribution in [0.2, 0.25) is 0 Å². The lowest BCUT2D eigenvalue weighted by Crippen LogP contribution is -2.59. The molecule has 14 heavy (non-hydrogen) atoms. The van der Waals surface area contributed by atoms with Crippen molar-refractivity contribution in [3.05, 3.63) is 24.0 Å². The average Bonchev–Trinajstić information content (AvgIpc) is 2.91. The van der Waals surface area contributed by atoms with Crippen LogP contribution < -0.4 is 5.48 Å². The van der Waals surface area contributed by atoms with Crippen LogP contribution >= 0.6 is 0 Å². The molecule has 1 N–H and O–H groups in total. The van der Waals surface area contributed by atoms with Crippen LogP contribution in [-0.2, 0) is 9.63 Å². The first-order valence-corrected chi connectivity index (χ1v) is 4.89. The van der Waals surface area contributed by atoms with E-state index in [0.717, 1.165) is 24.2 Å². The molecule has 2 fully saturated rings. The van der Waals surface area contributed by atoms with Gasteiger partial charge >= 0.3 is 0 Å². The minimum atomic E-state index is -0.239. The van der Waals surface area contributed by atoms with E-state index in [1.807, 2.05) is 4.90 Å². The lowest BCUT2D eigenvalue weighted by molar-refractivity contribution is -0.148. The topological polar surface area (TPSA) is 41.6 Å². The first-order chi connectivity index (χ1) is 6.81. The number of nitrogens with zero attached hydrogens (tertiary/aromatic N) is 1. The Morgan fingerprint density at radius 2 is 2.36 bits per heavy atom. The van der Waals surface area contributed by atoms with Gasteiger partial charge in [-0.15, -0.1) is 5.48 Å². The van der Waals surface area contributed by atoms with Gasteiger partial charge in [0.05, 0.1) is 0 Å². The van der Waals surface area contributed by atoms with E-state index < -0.39 is 0 Å². The maximum Gasteiger partial charge on any atom is 0.251 e. The van der Waals surface area contributed by atoms with Crippen molar-refractivity contribution in [3.8, 4) is 0 Å². The second-order valence-corrected chi connectivity index (χ2v) is 3.94. The highest BCUT2D eigenvalue weighted by Gasteiger charge is 2.46. The van der Waals surface area contributed by atoms with Crippen molar-refractivity contribution in [2.24, 2.45) is 0 Å². The third kappa shape index (κ3) is 0.944. The average molecular weight is 192 g/mol. The van der Waals surface area contributed by atoms with Crippen molar-refractivity contribution in [3.63, 3.8) is 0 Å². The second kappa shape index (κ2) is 2.60. The Hall–Kier alpha value is -1.29. The van der Waals surface area contributed by atoms with Crippen LogP contribution in [0.1, 0.15) is 12.8 Å². The molecule has 0 radical (unpaired) electrons. The molecule has 4 nitrogen and oxygen atoms in total. The number of amides is 1. The Morgan fingerprint density at radius 1 is 1.57 bits per heavy atom. The SMILES string of the molecule is C=CC1=C2ONC2C(=O)N(C2CC2)C1. The summed E-state index contributed by atoms with van der Waals surface area (Å²) in [6.07, 6.45) is 4.06. The van der Waals surface area contributed by atoms with E-state index in [9.17, 15) is 4.79 Å². The summed E-state index contributed by atoms with van der Waals surface area (Å²) in [6, 6.07) is 0.221. The molecular formula is C10H12N2O2. The molecule has 1 atom stereocenters. The molecule has 0 aromatic heterocycles. The van der Waals surface area contributed by atoms with Crippen LogP contribution in [0.4, 0.5) is 0 Å². The second-order valence-electron chi connectivity index (χ2n) is 3.94. The van der Waals surface area contributed by atoms with Gasteiger partial charge in [-0.25, -0.2) is 0 Å². The molecule has 0 bridgehead atoms. The van der Waals surface area contributed by atoms with Gasteiger partial charge in [0.1, 0.15) is 0 Å². The summed E-state index contributed by atoms with van der Waals surface area (Å²) in [5.41, 5.74) is 3.72. The number of hydroxylamine groups is 1. The Morgan fingerprint density at radius 3 is 2.86 bits per heavy atom. The molecule has 74 valence electrons. The van der Waals surface area contributed by atoms with E-state index >= 15 is 0 Å². The van der Waals surface area contributed by atoms with Crippen molar-refractivity contribution in [2.75, 3.05) is 6.54 Å². The summed E-state index contributed by atoms with van der Waals surface area (Å²) >= 11 is 0. The standard InChI is InChI=1S/C10H12N2O2/c1-2-6-5-12(7-3-4-7)10(13)8-9(6)14-11-8/h2,7-8,11H,1,3-5H2. The van der Waals surface area contributed by atoms with Gasteiger partial charge in [0, 0.05) is 18.2 Å². The number of hydrogen-bond acceptors (Lipinski definition) is 3. The number of rotatable bonds is 2. The summed E-state index contributed by atoms with van der Waals surface area (Å²) in [5.74, 6) is 0.918. The van der Waals surface area contributed by atoms with Gasteiger partial charge in [-0.1, -0.05) is 12.7 Å².